The van der Waals surface area contributed by atoms with Crippen molar-refractivity contribution < 1.29 is 17.9 Å². The average Bonchev–Trinajstić information content (AvgIpc) is 2.54. The quantitative estimate of drug-likeness (QED) is 0.838. The number of hydrogen-bond acceptors (Lipinski definition) is 4. The van der Waals surface area contributed by atoms with Crippen LogP contribution in [0.1, 0.15) is 13.3 Å². The third-order valence-electron chi connectivity index (χ3n) is 3.14. The first-order chi connectivity index (χ1) is 11.4. The second-order valence-corrected chi connectivity index (χ2v) is 7.27. The van der Waals surface area contributed by atoms with Crippen molar-refractivity contribution in [2.45, 2.75) is 18.2 Å². The van der Waals surface area contributed by atoms with Gasteiger partial charge in [0.25, 0.3) is 0 Å². The van der Waals surface area contributed by atoms with E-state index in [2.05, 4.69) is 10.6 Å². The van der Waals surface area contributed by atoms with Gasteiger partial charge in [-0.05, 0) is 55.0 Å². The molecule has 0 atom stereocenters. The highest BCUT2D eigenvalue weighted by molar-refractivity contribution is 7.90. The van der Waals surface area contributed by atoms with Crippen LogP contribution in [0.5, 0.6) is 11.5 Å². The van der Waals surface area contributed by atoms with Crippen LogP contribution in [0.3, 0.4) is 0 Å². The summed E-state index contributed by atoms with van der Waals surface area (Å²) >= 11 is 0. The maximum absolute atomic E-state index is 11.6. The maximum atomic E-state index is 11.6. The van der Waals surface area contributed by atoms with Crippen LogP contribution >= 0.6 is 0 Å². The van der Waals surface area contributed by atoms with Gasteiger partial charge in [-0.15, -0.1) is 0 Å². The molecule has 0 aliphatic heterocycles. The van der Waals surface area contributed by atoms with Crippen molar-refractivity contribution in [1.82, 2.24) is 5.32 Å². The highest BCUT2D eigenvalue weighted by Crippen LogP contribution is 2.24. The van der Waals surface area contributed by atoms with E-state index in [1.54, 1.807) is 36.4 Å². The minimum Gasteiger partial charge on any atom is -0.457 e. The Bertz CT molecular complexity index is 784. The molecule has 0 heterocycles. The molecule has 0 bridgehead atoms. The van der Waals surface area contributed by atoms with E-state index in [4.69, 9.17) is 4.74 Å². The largest absolute Gasteiger partial charge is 0.457 e. The molecule has 0 aliphatic rings. The standard InChI is InChI=1S/C17H20N2O4S/c1-3-12-18-17(20)19-13-4-6-14(7-5-13)23-15-8-10-16(11-9-15)24(2,21)22/h4-11H,3,12H2,1-2H3,(H2,18,19,20). The molecule has 0 fully saturated rings. The first-order valence-corrected chi connectivity index (χ1v) is 9.40. The first-order valence-electron chi connectivity index (χ1n) is 7.51. The number of hydrogen-bond donors (Lipinski definition) is 2. The molecule has 0 saturated heterocycles. The molecule has 2 amide bonds. The number of carbonyl (C=O) groups excluding carboxylic acids is 1. The normalized spacial score (nSPS) is 10.9. The Morgan fingerprint density at radius 2 is 1.54 bits per heavy atom. The fourth-order valence-corrected chi connectivity index (χ4v) is 2.54. The molecule has 2 aromatic rings. The Hall–Kier alpha value is -2.54. The van der Waals surface area contributed by atoms with Gasteiger partial charge in [-0.25, -0.2) is 13.2 Å². The highest BCUT2D eigenvalue weighted by atomic mass is 32.2. The molecule has 2 rings (SSSR count). The summed E-state index contributed by atoms with van der Waals surface area (Å²) in [6, 6.07) is 12.8. The van der Waals surface area contributed by atoms with Crippen molar-refractivity contribution in [3.63, 3.8) is 0 Å². The zero-order valence-corrected chi connectivity index (χ0v) is 14.4. The van der Waals surface area contributed by atoms with E-state index < -0.39 is 9.84 Å². The molecule has 0 aliphatic carbocycles. The van der Waals surface area contributed by atoms with Gasteiger partial charge < -0.3 is 15.4 Å². The number of carbonyl (C=O) groups is 1. The predicted molar refractivity (Wildman–Crippen MR) is 93.4 cm³/mol. The summed E-state index contributed by atoms with van der Waals surface area (Å²) in [5, 5.41) is 5.44. The lowest BCUT2D eigenvalue weighted by Crippen LogP contribution is -2.29. The molecule has 24 heavy (non-hydrogen) atoms. The third kappa shape index (κ3) is 5.27. The molecule has 0 spiro atoms. The van der Waals surface area contributed by atoms with E-state index in [0.717, 1.165) is 12.7 Å². The second-order valence-electron chi connectivity index (χ2n) is 5.25. The zero-order valence-electron chi connectivity index (χ0n) is 13.6. The van der Waals surface area contributed by atoms with Gasteiger partial charge in [-0.2, -0.15) is 0 Å². The van der Waals surface area contributed by atoms with Gasteiger partial charge in [0.2, 0.25) is 0 Å². The number of benzene rings is 2. The number of nitrogens with one attached hydrogen (secondary N) is 2. The SMILES string of the molecule is CCCNC(=O)Nc1ccc(Oc2ccc(S(C)(=O)=O)cc2)cc1. The van der Waals surface area contributed by atoms with Gasteiger partial charge >= 0.3 is 6.03 Å². The highest BCUT2D eigenvalue weighted by Gasteiger charge is 2.07. The Balaban J connectivity index is 1.97. The van der Waals surface area contributed by atoms with Gasteiger partial charge in [-0.3, -0.25) is 0 Å². The van der Waals surface area contributed by atoms with Gasteiger partial charge in [0.15, 0.2) is 9.84 Å². The first kappa shape index (κ1) is 17.8. The van der Waals surface area contributed by atoms with Crippen LogP contribution in [0.4, 0.5) is 10.5 Å². The van der Waals surface area contributed by atoms with Crippen LogP contribution in [0, 0.1) is 0 Å². The Morgan fingerprint density at radius 1 is 1.00 bits per heavy atom. The van der Waals surface area contributed by atoms with Crippen LogP contribution in [0.15, 0.2) is 53.4 Å². The minimum atomic E-state index is -3.22. The van der Waals surface area contributed by atoms with Crippen LogP contribution in [-0.2, 0) is 9.84 Å². The Morgan fingerprint density at radius 3 is 2.04 bits per heavy atom. The summed E-state index contributed by atoms with van der Waals surface area (Å²) in [6.45, 7) is 2.60. The summed E-state index contributed by atoms with van der Waals surface area (Å²) in [6.07, 6.45) is 2.03. The van der Waals surface area contributed by atoms with Crippen molar-refractivity contribution in [2.24, 2.45) is 0 Å². The molecule has 2 N–H and O–H groups in total. The molecule has 6 nitrogen and oxygen atoms in total. The van der Waals surface area contributed by atoms with E-state index in [-0.39, 0.29) is 10.9 Å². The molecular weight excluding hydrogens is 328 g/mol. The Kier molecular flexibility index (Phi) is 5.81. The summed E-state index contributed by atoms with van der Waals surface area (Å²) in [4.78, 5) is 11.8. The summed E-state index contributed by atoms with van der Waals surface area (Å²) in [5.74, 6) is 1.12. The molecular formula is C17H20N2O4S. The third-order valence-corrected chi connectivity index (χ3v) is 4.26. The minimum absolute atomic E-state index is 0.243. The Labute approximate surface area is 141 Å². The van der Waals surface area contributed by atoms with Crippen molar-refractivity contribution in [2.75, 3.05) is 18.1 Å². The van der Waals surface area contributed by atoms with Crippen LogP contribution in [0.25, 0.3) is 0 Å². The van der Waals surface area contributed by atoms with Crippen LogP contribution in [0.2, 0.25) is 0 Å². The fraction of sp³-hybridized carbons (Fsp3) is 0.235. The van der Waals surface area contributed by atoms with E-state index >= 15 is 0 Å². The lowest BCUT2D eigenvalue weighted by Gasteiger charge is -2.09. The molecule has 0 radical (unpaired) electrons. The maximum Gasteiger partial charge on any atom is 0.319 e. The van der Waals surface area contributed by atoms with Crippen LogP contribution in [-0.4, -0.2) is 27.2 Å². The molecule has 128 valence electrons. The molecule has 0 aromatic heterocycles. The van der Waals surface area contributed by atoms with Gasteiger partial charge in [0.05, 0.1) is 4.90 Å². The topological polar surface area (TPSA) is 84.5 Å². The molecule has 7 heteroatoms. The molecule has 0 saturated carbocycles. The summed E-state index contributed by atoms with van der Waals surface area (Å²) in [5.41, 5.74) is 0.656. The number of amides is 2. The average molecular weight is 348 g/mol. The number of rotatable bonds is 6. The monoisotopic (exact) mass is 348 g/mol. The fourth-order valence-electron chi connectivity index (χ4n) is 1.91. The second kappa shape index (κ2) is 7.83. The van der Waals surface area contributed by atoms with Crippen molar-refractivity contribution >= 4 is 21.6 Å². The van der Waals surface area contributed by atoms with Crippen molar-refractivity contribution in [3.05, 3.63) is 48.5 Å². The van der Waals surface area contributed by atoms with Crippen LogP contribution < -0.4 is 15.4 Å². The number of sulfone groups is 1. The van der Waals surface area contributed by atoms with E-state index in [1.807, 2.05) is 6.92 Å². The van der Waals surface area contributed by atoms with Gasteiger partial charge in [0, 0.05) is 18.5 Å². The zero-order chi connectivity index (χ0) is 17.6. The molecule has 2 aromatic carbocycles. The smallest absolute Gasteiger partial charge is 0.319 e. The lowest BCUT2D eigenvalue weighted by molar-refractivity contribution is 0.252. The van der Waals surface area contributed by atoms with E-state index in [0.29, 0.717) is 23.7 Å². The number of anilines is 1. The van der Waals surface area contributed by atoms with Crippen molar-refractivity contribution in [3.8, 4) is 11.5 Å². The van der Waals surface area contributed by atoms with E-state index in [9.17, 15) is 13.2 Å². The summed E-state index contributed by atoms with van der Waals surface area (Å²) < 4.78 is 28.5. The van der Waals surface area contributed by atoms with Gasteiger partial charge in [0.1, 0.15) is 11.5 Å². The van der Waals surface area contributed by atoms with E-state index in [1.165, 1.54) is 12.1 Å². The predicted octanol–water partition coefficient (Wildman–Crippen LogP) is 3.41. The lowest BCUT2D eigenvalue weighted by atomic mass is 10.3. The van der Waals surface area contributed by atoms with Gasteiger partial charge in [-0.1, -0.05) is 6.92 Å². The summed E-state index contributed by atoms with van der Waals surface area (Å²) in [7, 11) is -3.22. The number of ether oxygens (including phenoxy) is 1. The van der Waals surface area contributed by atoms with Crippen molar-refractivity contribution in [1.29, 1.82) is 0 Å². The molecule has 0 unspecified atom stereocenters. The number of urea groups is 1.